The van der Waals surface area contributed by atoms with Gasteiger partial charge in [-0.2, -0.15) is 0 Å². The van der Waals surface area contributed by atoms with Crippen LogP contribution in [0.1, 0.15) is 22.8 Å². The number of halogens is 1. The molecule has 0 spiro atoms. The zero-order valence-electron chi connectivity index (χ0n) is 16.5. The Morgan fingerprint density at radius 1 is 1.27 bits per heavy atom. The molecule has 1 aromatic heterocycles. The van der Waals surface area contributed by atoms with Crippen LogP contribution in [0.3, 0.4) is 0 Å². The summed E-state index contributed by atoms with van der Waals surface area (Å²) in [7, 11) is 0. The number of pyridine rings is 1. The molecule has 4 rings (SSSR count). The van der Waals surface area contributed by atoms with Crippen LogP contribution in [0.4, 0.5) is 11.4 Å². The molecule has 0 bridgehead atoms. The third-order valence-electron chi connectivity index (χ3n) is 4.98. The fraction of sp³-hybridized carbons (Fsp3) is 0.273. The second kappa shape index (κ2) is 9.22. The van der Waals surface area contributed by atoms with Gasteiger partial charge in [0.1, 0.15) is 0 Å². The number of rotatable bonds is 6. The lowest BCUT2D eigenvalue weighted by molar-refractivity contribution is 0.0698. The number of hydrogen-bond donors (Lipinski definition) is 2. The molecule has 0 saturated carbocycles. The Hall–Kier alpha value is -2.32. The molecular formula is C22H22ClN3O3S. The molecule has 0 amide bonds. The highest BCUT2D eigenvalue weighted by Gasteiger charge is 2.19. The molecular weight excluding hydrogens is 422 g/mol. The van der Waals surface area contributed by atoms with Gasteiger partial charge in [-0.3, -0.25) is 4.98 Å². The van der Waals surface area contributed by atoms with Gasteiger partial charge in [0.25, 0.3) is 0 Å². The average Bonchev–Trinajstić information content (AvgIpc) is 2.76. The number of carboxylic acids is 1. The van der Waals surface area contributed by atoms with E-state index in [1.807, 2.05) is 37.4 Å². The number of ether oxygens (including phenoxy) is 1. The van der Waals surface area contributed by atoms with E-state index >= 15 is 0 Å². The predicted molar refractivity (Wildman–Crippen MR) is 121 cm³/mol. The smallest absolute Gasteiger partial charge is 0.337 e. The van der Waals surface area contributed by atoms with Crippen LogP contribution in [0, 0.1) is 0 Å². The van der Waals surface area contributed by atoms with Gasteiger partial charge in [0.15, 0.2) is 0 Å². The number of nitrogens with zero attached hydrogens (tertiary/aromatic N) is 2. The molecule has 156 valence electrons. The number of aromatic carboxylic acids is 1. The molecule has 8 heteroatoms. The van der Waals surface area contributed by atoms with E-state index in [1.54, 1.807) is 24.1 Å². The molecule has 0 radical (unpaired) electrons. The number of aryl methyl sites for hydroxylation is 1. The maximum atomic E-state index is 11.9. The van der Waals surface area contributed by atoms with Crippen molar-refractivity contribution in [3.8, 4) is 0 Å². The normalized spacial score (nSPS) is 14.7. The molecule has 1 aliphatic rings. The van der Waals surface area contributed by atoms with Gasteiger partial charge < -0.3 is 15.2 Å². The summed E-state index contributed by atoms with van der Waals surface area (Å²) >= 11 is 7.87. The maximum Gasteiger partial charge on any atom is 0.337 e. The molecule has 1 saturated heterocycles. The van der Waals surface area contributed by atoms with Crippen molar-refractivity contribution >= 4 is 51.8 Å². The molecule has 0 aliphatic carbocycles. The second-order valence-electron chi connectivity index (χ2n) is 6.96. The number of aromatic nitrogens is 1. The Labute approximate surface area is 184 Å². The van der Waals surface area contributed by atoms with E-state index in [-0.39, 0.29) is 5.56 Å². The lowest BCUT2D eigenvalue weighted by Crippen LogP contribution is -2.31. The van der Waals surface area contributed by atoms with E-state index in [4.69, 9.17) is 16.3 Å². The highest BCUT2D eigenvalue weighted by Crippen LogP contribution is 2.38. The largest absolute Gasteiger partial charge is 0.478 e. The Morgan fingerprint density at radius 2 is 2.07 bits per heavy atom. The molecule has 2 heterocycles. The Kier molecular flexibility index (Phi) is 6.43. The molecule has 0 unspecified atom stereocenters. The minimum atomic E-state index is -0.966. The van der Waals surface area contributed by atoms with Gasteiger partial charge in [0.2, 0.25) is 0 Å². The van der Waals surface area contributed by atoms with E-state index < -0.39 is 5.97 Å². The van der Waals surface area contributed by atoms with Crippen LogP contribution in [-0.2, 0) is 11.2 Å². The van der Waals surface area contributed by atoms with Crippen molar-refractivity contribution in [1.82, 2.24) is 9.29 Å². The summed E-state index contributed by atoms with van der Waals surface area (Å²) in [4.78, 5) is 17.4. The first-order valence-electron chi connectivity index (χ1n) is 9.77. The first kappa shape index (κ1) is 20.9. The van der Waals surface area contributed by atoms with Gasteiger partial charge in [-0.05, 0) is 54.3 Å². The molecule has 0 atom stereocenters. The Morgan fingerprint density at radius 3 is 2.80 bits per heavy atom. The van der Waals surface area contributed by atoms with Crippen LogP contribution in [-0.4, -0.2) is 46.7 Å². The van der Waals surface area contributed by atoms with Crippen LogP contribution in [0.25, 0.3) is 10.9 Å². The molecule has 2 N–H and O–H groups in total. The SMILES string of the molecule is CCc1ccc(Nc2c(SN3CCOCC3)cnc3ccc(Cl)cc23)c(C(=O)O)c1. The summed E-state index contributed by atoms with van der Waals surface area (Å²) in [6.45, 7) is 4.99. The topological polar surface area (TPSA) is 74.7 Å². The summed E-state index contributed by atoms with van der Waals surface area (Å²) in [6.07, 6.45) is 2.59. The molecule has 3 aromatic rings. The summed E-state index contributed by atoms with van der Waals surface area (Å²) in [5.74, 6) is -0.966. The van der Waals surface area contributed by atoms with Crippen molar-refractivity contribution in [1.29, 1.82) is 0 Å². The summed E-state index contributed by atoms with van der Waals surface area (Å²) < 4.78 is 7.67. The third kappa shape index (κ3) is 4.54. The van der Waals surface area contributed by atoms with Crippen molar-refractivity contribution in [2.24, 2.45) is 0 Å². The summed E-state index contributed by atoms with van der Waals surface area (Å²) in [5.41, 5.74) is 3.34. The number of anilines is 2. The van der Waals surface area contributed by atoms with Crippen molar-refractivity contribution in [3.05, 3.63) is 58.7 Å². The van der Waals surface area contributed by atoms with Gasteiger partial charge in [-0.1, -0.05) is 24.6 Å². The molecule has 1 aliphatic heterocycles. The number of nitrogens with one attached hydrogen (secondary N) is 1. The second-order valence-corrected chi connectivity index (χ2v) is 8.53. The molecule has 30 heavy (non-hydrogen) atoms. The third-order valence-corrected chi connectivity index (χ3v) is 6.34. The zero-order valence-corrected chi connectivity index (χ0v) is 18.1. The van der Waals surface area contributed by atoms with E-state index in [2.05, 4.69) is 14.6 Å². The number of carboxylic acid groups (broad SMARTS) is 1. The van der Waals surface area contributed by atoms with Gasteiger partial charge in [-0.15, -0.1) is 0 Å². The number of hydrogen-bond acceptors (Lipinski definition) is 6. The standard InChI is InChI=1S/C22H22ClN3O3S/c1-2-14-3-5-19(17(11-14)22(27)28)25-21-16-12-15(23)4-6-18(16)24-13-20(21)30-26-7-9-29-10-8-26/h3-6,11-13H,2,7-10H2,1H3,(H,24,25)(H,27,28). The van der Waals surface area contributed by atoms with Crippen molar-refractivity contribution < 1.29 is 14.6 Å². The minimum absolute atomic E-state index is 0.240. The monoisotopic (exact) mass is 443 g/mol. The quantitative estimate of drug-likeness (QED) is 0.505. The molecule has 6 nitrogen and oxygen atoms in total. The first-order chi connectivity index (χ1) is 14.5. The first-order valence-corrected chi connectivity index (χ1v) is 10.9. The highest BCUT2D eigenvalue weighted by atomic mass is 35.5. The Balaban J connectivity index is 1.80. The number of morpholine rings is 1. The van der Waals surface area contributed by atoms with Gasteiger partial charge >= 0.3 is 5.97 Å². The zero-order chi connectivity index (χ0) is 21.1. The Bertz CT molecular complexity index is 1090. The van der Waals surface area contributed by atoms with Gasteiger partial charge in [0, 0.05) is 29.7 Å². The number of carbonyl (C=O) groups is 1. The summed E-state index contributed by atoms with van der Waals surface area (Å²) in [6, 6.07) is 11.0. The van der Waals surface area contributed by atoms with Crippen molar-refractivity contribution in [3.63, 3.8) is 0 Å². The number of fused-ring (bicyclic) bond motifs is 1. The highest BCUT2D eigenvalue weighted by molar-refractivity contribution is 7.97. The van der Waals surface area contributed by atoms with Crippen molar-refractivity contribution in [2.45, 2.75) is 18.2 Å². The van der Waals surface area contributed by atoms with E-state index in [9.17, 15) is 9.90 Å². The summed E-state index contributed by atoms with van der Waals surface area (Å²) in [5, 5.41) is 14.6. The van der Waals surface area contributed by atoms with Crippen LogP contribution < -0.4 is 5.32 Å². The van der Waals surface area contributed by atoms with Crippen LogP contribution in [0.15, 0.2) is 47.5 Å². The molecule has 1 fully saturated rings. The molecule has 2 aromatic carbocycles. The van der Waals surface area contributed by atoms with Crippen LogP contribution >= 0.6 is 23.5 Å². The number of benzene rings is 2. The minimum Gasteiger partial charge on any atom is -0.478 e. The van der Waals surface area contributed by atoms with Gasteiger partial charge in [0.05, 0.1) is 40.6 Å². The average molecular weight is 444 g/mol. The van der Waals surface area contributed by atoms with Crippen LogP contribution in [0.2, 0.25) is 5.02 Å². The predicted octanol–water partition coefficient (Wildman–Crippen LogP) is 5.23. The van der Waals surface area contributed by atoms with E-state index in [0.717, 1.165) is 46.6 Å². The fourth-order valence-electron chi connectivity index (χ4n) is 3.35. The maximum absolute atomic E-state index is 11.9. The van der Waals surface area contributed by atoms with Crippen molar-refractivity contribution in [2.75, 3.05) is 31.6 Å². The van der Waals surface area contributed by atoms with Crippen LogP contribution in [0.5, 0.6) is 0 Å². The fourth-order valence-corrected chi connectivity index (χ4v) is 4.49. The lowest BCUT2D eigenvalue weighted by atomic mass is 10.1. The van der Waals surface area contributed by atoms with E-state index in [1.165, 1.54) is 0 Å². The van der Waals surface area contributed by atoms with Gasteiger partial charge in [-0.25, -0.2) is 9.10 Å². The lowest BCUT2D eigenvalue weighted by Gasteiger charge is -2.26. The van der Waals surface area contributed by atoms with E-state index in [0.29, 0.717) is 23.9 Å².